The number of hydrogen-bond donors (Lipinski definition) is 2. The maximum atomic E-state index is 5.98. The summed E-state index contributed by atoms with van der Waals surface area (Å²) in [6.07, 6.45) is 1.66. The number of nitrogens with zero attached hydrogens (tertiary/aromatic N) is 2. The zero-order chi connectivity index (χ0) is 13.9. The van der Waals surface area contributed by atoms with Crippen LogP contribution in [-0.2, 0) is 6.61 Å². The van der Waals surface area contributed by atoms with Gasteiger partial charge in [0.2, 0.25) is 5.88 Å². The van der Waals surface area contributed by atoms with E-state index < -0.39 is 0 Å². The van der Waals surface area contributed by atoms with E-state index in [4.69, 9.17) is 16.2 Å². The van der Waals surface area contributed by atoms with Crippen LogP contribution >= 0.6 is 0 Å². The monoisotopic (exact) mass is 266 g/mol. The lowest BCUT2D eigenvalue weighted by Gasteiger charge is -2.11. The average Bonchev–Trinajstić information content (AvgIpc) is 2.50. The molecule has 3 aromatic rings. The van der Waals surface area contributed by atoms with Gasteiger partial charge in [-0.05, 0) is 17.7 Å². The van der Waals surface area contributed by atoms with Crippen molar-refractivity contribution in [2.45, 2.75) is 6.61 Å². The lowest BCUT2D eigenvalue weighted by Crippen LogP contribution is -2.05. The fourth-order valence-corrected chi connectivity index (χ4v) is 1.94. The molecule has 0 atom stereocenters. The molecule has 0 fully saturated rings. The van der Waals surface area contributed by atoms with E-state index in [1.54, 1.807) is 12.3 Å². The predicted molar refractivity (Wildman–Crippen MR) is 79.1 cm³/mol. The highest BCUT2D eigenvalue weighted by atomic mass is 16.5. The number of ether oxygens (including phenoxy) is 1. The topological polar surface area (TPSA) is 87.0 Å². The molecule has 0 aliphatic heterocycles. The zero-order valence-corrected chi connectivity index (χ0v) is 10.8. The van der Waals surface area contributed by atoms with Crippen molar-refractivity contribution in [3.63, 3.8) is 0 Å². The summed E-state index contributed by atoms with van der Waals surface area (Å²) >= 11 is 0. The molecule has 3 rings (SSSR count). The van der Waals surface area contributed by atoms with E-state index in [9.17, 15) is 0 Å². The van der Waals surface area contributed by atoms with Gasteiger partial charge in [-0.15, -0.1) is 0 Å². The van der Waals surface area contributed by atoms with Gasteiger partial charge in [0.15, 0.2) is 0 Å². The van der Waals surface area contributed by atoms with Crippen molar-refractivity contribution >= 4 is 22.4 Å². The van der Waals surface area contributed by atoms with Gasteiger partial charge in [0.05, 0.1) is 11.2 Å². The Morgan fingerprint density at radius 2 is 1.75 bits per heavy atom. The highest BCUT2D eigenvalue weighted by Gasteiger charge is 2.12. The molecule has 0 spiro atoms. The molecular weight excluding hydrogens is 252 g/mol. The summed E-state index contributed by atoms with van der Waals surface area (Å²) in [4.78, 5) is 8.54. The normalized spacial score (nSPS) is 10.6. The Kier molecular flexibility index (Phi) is 3.09. The molecule has 1 aromatic carbocycles. The summed E-state index contributed by atoms with van der Waals surface area (Å²) in [6.45, 7) is 0.392. The summed E-state index contributed by atoms with van der Waals surface area (Å²) in [5.74, 6) is 0.340. The smallest absolute Gasteiger partial charge is 0.240 e. The molecule has 2 heterocycles. The van der Waals surface area contributed by atoms with Gasteiger partial charge in [-0.2, -0.15) is 0 Å². The molecular formula is C15H14N4O. The minimum Gasteiger partial charge on any atom is -0.471 e. The first-order valence-corrected chi connectivity index (χ1v) is 6.22. The van der Waals surface area contributed by atoms with Crippen LogP contribution in [0.3, 0.4) is 0 Å². The first kappa shape index (κ1) is 12.2. The largest absolute Gasteiger partial charge is 0.471 e. The van der Waals surface area contributed by atoms with Crippen LogP contribution < -0.4 is 16.2 Å². The summed E-state index contributed by atoms with van der Waals surface area (Å²) < 4.78 is 5.67. The Morgan fingerprint density at radius 1 is 0.950 bits per heavy atom. The second kappa shape index (κ2) is 5.05. The minimum atomic E-state index is 0.326. The van der Waals surface area contributed by atoms with Gasteiger partial charge in [-0.25, -0.2) is 4.98 Å². The standard InChI is InChI=1S/C15H14N4O/c16-12-13(17)15(19-11-7-4-8-18-14(11)12)20-9-10-5-2-1-3-6-10/h1-8H,9,17H2,(H2,16,19). The van der Waals surface area contributed by atoms with Crippen LogP contribution in [-0.4, -0.2) is 9.97 Å². The maximum absolute atomic E-state index is 5.98. The average molecular weight is 266 g/mol. The third kappa shape index (κ3) is 2.21. The third-order valence-corrected chi connectivity index (χ3v) is 3.00. The van der Waals surface area contributed by atoms with Crippen molar-refractivity contribution in [2.75, 3.05) is 11.5 Å². The van der Waals surface area contributed by atoms with Gasteiger partial charge in [0, 0.05) is 6.20 Å². The van der Waals surface area contributed by atoms with Crippen molar-refractivity contribution in [1.29, 1.82) is 0 Å². The Morgan fingerprint density at radius 3 is 2.55 bits per heavy atom. The number of rotatable bonds is 3. The summed E-state index contributed by atoms with van der Waals surface area (Å²) in [6, 6.07) is 13.4. The number of pyridine rings is 2. The van der Waals surface area contributed by atoms with Crippen molar-refractivity contribution in [1.82, 2.24) is 9.97 Å². The van der Waals surface area contributed by atoms with Crippen LogP contribution in [0.2, 0.25) is 0 Å². The first-order valence-electron chi connectivity index (χ1n) is 6.22. The van der Waals surface area contributed by atoms with Gasteiger partial charge in [0.25, 0.3) is 0 Å². The molecule has 0 bridgehead atoms. The molecule has 0 unspecified atom stereocenters. The zero-order valence-electron chi connectivity index (χ0n) is 10.8. The van der Waals surface area contributed by atoms with E-state index in [2.05, 4.69) is 9.97 Å². The van der Waals surface area contributed by atoms with E-state index in [-0.39, 0.29) is 0 Å². The van der Waals surface area contributed by atoms with Crippen LogP contribution in [0.1, 0.15) is 5.56 Å². The Labute approximate surface area is 116 Å². The highest BCUT2D eigenvalue weighted by Crippen LogP contribution is 2.31. The first-order chi connectivity index (χ1) is 9.75. The second-order valence-electron chi connectivity index (χ2n) is 4.39. The van der Waals surface area contributed by atoms with E-state index in [0.717, 1.165) is 5.56 Å². The molecule has 5 heteroatoms. The van der Waals surface area contributed by atoms with Crippen molar-refractivity contribution in [3.05, 3.63) is 54.2 Å². The molecule has 0 saturated carbocycles. The number of hydrogen-bond acceptors (Lipinski definition) is 5. The summed E-state index contributed by atoms with van der Waals surface area (Å²) in [7, 11) is 0. The Balaban J connectivity index is 1.94. The third-order valence-electron chi connectivity index (χ3n) is 3.00. The summed E-state index contributed by atoms with van der Waals surface area (Å²) in [5, 5.41) is 0. The number of nitrogens with two attached hydrogens (primary N) is 2. The van der Waals surface area contributed by atoms with E-state index in [0.29, 0.717) is 34.9 Å². The van der Waals surface area contributed by atoms with Crippen LogP contribution in [0, 0.1) is 0 Å². The lowest BCUT2D eigenvalue weighted by molar-refractivity contribution is 0.297. The molecule has 0 radical (unpaired) electrons. The Bertz CT molecular complexity index is 743. The van der Waals surface area contributed by atoms with Crippen LogP contribution in [0.4, 0.5) is 11.4 Å². The van der Waals surface area contributed by atoms with Crippen LogP contribution in [0.5, 0.6) is 5.88 Å². The van der Waals surface area contributed by atoms with Crippen LogP contribution in [0.15, 0.2) is 48.7 Å². The number of fused-ring (bicyclic) bond motifs is 1. The maximum Gasteiger partial charge on any atom is 0.240 e. The molecule has 20 heavy (non-hydrogen) atoms. The van der Waals surface area contributed by atoms with E-state index in [1.807, 2.05) is 36.4 Å². The molecule has 5 nitrogen and oxygen atoms in total. The van der Waals surface area contributed by atoms with Gasteiger partial charge in [-0.3, -0.25) is 4.98 Å². The van der Waals surface area contributed by atoms with Gasteiger partial charge in [0.1, 0.15) is 17.8 Å². The van der Waals surface area contributed by atoms with Crippen molar-refractivity contribution < 1.29 is 4.74 Å². The number of aromatic nitrogens is 2. The molecule has 100 valence electrons. The lowest BCUT2D eigenvalue weighted by atomic mass is 10.2. The summed E-state index contributed by atoms with van der Waals surface area (Å²) in [5.41, 5.74) is 15.0. The fourth-order valence-electron chi connectivity index (χ4n) is 1.94. The van der Waals surface area contributed by atoms with Crippen LogP contribution in [0.25, 0.3) is 11.0 Å². The highest BCUT2D eigenvalue weighted by molar-refractivity contribution is 5.94. The number of nitrogen functional groups attached to an aromatic ring is 2. The molecule has 0 saturated heterocycles. The molecule has 4 N–H and O–H groups in total. The molecule has 0 aliphatic rings. The number of benzene rings is 1. The predicted octanol–water partition coefficient (Wildman–Crippen LogP) is 2.37. The molecule has 2 aromatic heterocycles. The molecule has 0 aliphatic carbocycles. The van der Waals surface area contributed by atoms with E-state index in [1.165, 1.54) is 0 Å². The van der Waals surface area contributed by atoms with Crippen molar-refractivity contribution in [3.8, 4) is 5.88 Å². The second-order valence-corrected chi connectivity index (χ2v) is 4.39. The van der Waals surface area contributed by atoms with Gasteiger partial charge >= 0.3 is 0 Å². The minimum absolute atomic E-state index is 0.326. The Hall–Kier alpha value is -2.82. The van der Waals surface area contributed by atoms with Gasteiger partial charge in [-0.1, -0.05) is 30.3 Å². The molecule has 0 amide bonds. The van der Waals surface area contributed by atoms with Gasteiger partial charge < -0.3 is 16.2 Å². The number of anilines is 2. The SMILES string of the molecule is Nc1c(OCc2ccccc2)nc2cccnc2c1N. The van der Waals surface area contributed by atoms with E-state index >= 15 is 0 Å². The fraction of sp³-hybridized carbons (Fsp3) is 0.0667. The quantitative estimate of drug-likeness (QED) is 0.760. The van der Waals surface area contributed by atoms with Crippen molar-refractivity contribution in [2.24, 2.45) is 0 Å².